The first-order valence-corrected chi connectivity index (χ1v) is 11.0. The van der Waals surface area contributed by atoms with Gasteiger partial charge >= 0.3 is 0 Å². The lowest BCUT2D eigenvalue weighted by Crippen LogP contribution is -2.31. The average Bonchev–Trinajstić information content (AvgIpc) is 3.19. The standard InChI is InChI=1S/C23H25FN4OS/c1-13-3-4-19(24)18(9-13)23-28-21(12-30-23)22(29)27-20-11-26-6-5-17(20)15-7-14(2)8-16(25)10-15/h3-6,9,11-12,14-16H,7-8,10,25H2,1-2H3,(H,27,29). The van der Waals surface area contributed by atoms with Crippen LogP contribution >= 0.6 is 11.3 Å². The Bertz CT molecular complexity index is 1060. The van der Waals surface area contributed by atoms with Crippen molar-refractivity contribution in [1.82, 2.24) is 9.97 Å². The van der Waals surface area contributed by atoms with Crippen molar-refractivity contribution in [2.24, 2.45) is 11.7 Å². The van der Waals surface area contributed by atoms with Gasteiger partial charge in [0, 0.05) is 23.2 Å². The van der Waals surface area contributed by atoms with Gasteiger partial charge in [-0.1, -0.05) is 18.6 Å². The maximum Gasteiger partial charge on any atom is 0.275 e. The number of amides is 1. The number of nitrogens with two attached hydrogens (primary N) is 1. The second-order valence-corrected chi connectivity index (χ2v) is 9.07. The van der Waals surface area contributed by atoms with Crippen LogP contribution in [-0.2, 0) is 0 Å². The van der Waals surface area contributed by atoms with E-state index in [9.17, 15) is 9.18 Å². The quantitative estimate of drug-likeness (QED) is 0.608. The normalized spacial score (nSPS) is 21.4. The van der Waals surface area contributed by atoms with E-state index < -0.39 is 0 Å². The van der Waals surface area contributed by atoms with Crippen molar-refractivity contribution in [3.63, 3.8) is 0 Å². The van der Waals surface area contributed by atoms with Crippen LogP contribution in [0.2, 0.25) is 0 Å². The third-order valence-electron chi connectivity index (χ3n) is 5.61. The van der Waals surface area contributed by atoms with E-state index in [0.29, 0.717) is 22.2 Å². The van der Waals surface area contributed by atoms with Gasteiger partial charge in [-0.05, 0) is 61.8 Å². The maximum atomic E-state index is 14.2. The Morgan fingerprint density at radius 3 is 2.90 bits per heavy atom. The lowest BCUT2D eigenvalue weighted by molar-refractivity contribution is 0.102. The summed E-state index contributed by atoms with van der Waals surface area (Å²) in [4.78, 5) is 21.4. The smallest absolute Gasteiger partial charge is 0.275 e. The molecule has 1 aliphatic carbocycles. The third kappa shape index (κ3) is 4.42. The molecule has 4 rings (SSSR count). The molecule has 1 amide bonds. The number of hydrogen-bond donors (Lipinski definition) is 2. The Kier molecular flexibility index (Phi) is 5.92. The largest absolute Gasteiger partial charge is 0.328 e. The number of aryl methyl sites for hydroxylation is 1. The first kappa shape index (κ1) is 20.6. The molecule has 3 N–H and O–H groups in total. The minimum Gasteiger partial charge on any atom is -0.328 e. The second-order valence-electron chi connectivity index (χ2n) is 8.21. The number of benzene rings is 1. The molecule has 1 fully saturated rings. The lowest BCUT2D eigenvalue weighted by atomic mass is 9.76. The zero-order valence-corrected chi connectivity index (χ0v) is 17.9. The van der Waals surface area contributed by atoms with Gasteiger partial charge in [0.25, 0.3) is 5.91 Å². The molecule has 0 aliphatic heterocycles. The highest BCUT2D eigenvalue weighted by Crippen LogP contribution is 2.38. The molecule has 2 heterocycles. The van der Waals surface area contributed by atoms with Gasteiger partial charge in [0.15, 0.2) is 0 Å². The van der Waals surface area contributed by atoms with Crippen LogP contribution in [0.4, 0.5) is 10.1 Å². The van der Waals surface area contributed by atoms with Crippen molar-refractivity contribution in [3.8, 4) is 10.6 Å². The predicted molar refractivity (Wildman–Crippen MR) is 118 cm³/mol. The van der Waals surface area contributed by atoms with E-state index >= 15 is 0 Å². The molecular formula is C23H25FN4OS. The van der Waals surface area contributed by atoms with E-state index in [0.717, 1.165) is 30.4 Å². The fourth-order valence-electron chi connectivity index (χ4n) is 4.27. The van der Waals surface area contributed by atoms with Gasteiger partial charge in [-0.25, -0.2) is 9.37 Å². The average molecular weight is 425 g/mol. The summed E-state index contributed by atoms with van der Waals surface area (Å²) in [5, 5.41) is 5.09. The van der Waals surface area contributed by atoms with E-state index in [2.05, 4.69) is 22.2 Å². The van der Waals surface area contributed by atoms with Crippen LogP contribution in [0.1, 0.15) is 53.7 Å². The summed E-state index contributed by atoms with van der Waals surface area (Å²) in [6, 6.07) is 6.99. The molecule has 3 unspecified atom stereocenters. The lowest BCUT2D eigenvalue weighted by Gasteiger charge is -2.32. The number of nitrogens with zero attached hydrogens (tertiary/aromatic N) is 2. The zero-order valence-electron chi connectivity index (χ0n) is 17.1. The number of thiazole rings is 1. The number of pyridine rings is 1. The fraction of sp³-hybridized carbons (Fsp3) is 0.348. The Labute approximate surface area is 179 Å². The molecule has 0 saturated heterocycles. The first-order chi connectivity index (χ1) is 14.4. The van der Waals surface area contributed by atoms with Gasteiger partial charge in [-0.2, -0.15) is 0 Å². The molecule has 156 valence electrons. The van der Waals surface area contributed by atoms with E-state index in [4.69, 9.17) is 5.73 Å². The summed E-state index contributed by atoms with van der Waals surface area (Å²) in [6.07, 6.45) is 6.38. The molecule has 1 aliphatic rings. The van der Waals surface area contributed by atoms with Crippen LogP contribution in [0, 0.1) is 18.7 Å². The van der Waals surface area contributed by atoms with E-state index in [1.165, 1.54) is 17.4 Å². The number of nitrogens with one attached hydrogen (secondary N) is 1. The number of rotatable bonds is 4. The minimum absolute atomic E-state index is 0.167. The summed E-state index contributed by atoms with van der Waals surface area (Å²) in [6.45, 7) is 4.11. The van der Waals surface area contributed by atoms with Crippen LogP contribution < -0.4 is 11.1 Å². The molecule has 0 bridgehead atoms. The monoisotopic (exact) mass is 424 g/mol. The first-order valence-electron chi connectivity index (χ1n) is 10.1. The van der Waals surface area contributed by atoms with Gasteiger partial charge in [0.05, 0.1) is 11.9 Å². The highest BCUT2D eigenvalue weighted by atomic mass is 32.1. The summed E-state index contributed by atoms with van der Waals surface area (Å²) in [5.41, 5.74) is 9.58. The van der Waals surface area contributed by atoms with Crippen molar-refractivity contribution < 1.29 is 9.18 Å². The van der Waals surface area contributed by atoms with Crippen molar-refractivity contribution in [1.29, 1.82) is 0 Å². The number of anilines is 1. The molecule has 1 saturated carbocycles. The summed E-state index contributed by atoms with van der Waals surface area (Å²) >= 11 is 1.25. The van der Waals surface area contributed by atoms with Crippen molar-refractivity contribution >= 4 is 22.9 Å². The number of carbonyl (C=O) groups is 1. The van der Waals surface area contributed by atoms with Crippen LogP contribution in [0.5, 0.6) is 0 Å². The van der Waals surface area contributed by atoms with Gasteiger partial charge < -0.3 is 11.1 Å². The molecule has 5 nitrogen and oxygen atoms in total. The van der Waals surface area contributed by atoms with Crippen LogP contribution in [0.25, 0.3) is 10.6 Å². The van der Waals surface area contributed by atoms with Crippen LogP contribution in [-0.4, -0.2) is 21.9 Å². The molecule has 3 aromatic rings. The highest BCUT2D eigenvalue weighted by molar-refractivity contribution is 7.13. The molecule has 2 aromatic heterocycles. The topological polar surface area (TPSA) is 80.9 Å². The number of hydrogen-bond acceptors (Lipinski definition) is 5. The minimum atomic E-state index is -0.348. The summed E-state index contributed by atoms with van der Waals surface area (Å²) in [5.74, 6) is 0.155. The van der Waals surface area contributed by atoms with E-state index in [1.807, 2.05) is 13.0 Å². The highest BCUT2D eigenvalue weighted by Gasteiger charge is 2.27. The number of halogens is 1. The molecule has 1 aromatic carbocycles. The number of aromatic nitrogens is 2. The summed E-state index contributed by atoms with van der Waals surface area (Å²) < 4.78 is 14.2. The van der Waals surface area contributed by atoms with Gasteiger partial charge in [0.2, 0.25) is 0 Å². The van der Waals surface area contributed by atoms with Crippen LogP contribution in [0.3, 0.4) is 0 Å². The van der Waals surface area contributed by atoms with Crippen molar-refractivity contribution in [2.45, 2.75) is 45.1 Å². The third-order valence-corrected chi connectivity index (χ3v) is 6.49. The Morgan fingerprint density at radius 1 is 1.27 bits per heavy atom. The Morgan fingerprint density at radius 2 is 2.10 bits per heavy atom. The second kappa shape index (κ2) is 8.62. The maximum absolute atomic E-state index is 14.2. The number of carbonyl (C=O) groups excluding carboxylic acids is 1. The Hall–Kier alpha value is -2.64. The molecule has 7 heteroatoms. The van der Waals surface area contributed by atoms with Crippen LogP contribution in [0.15, 0.2) is 42.0 Å². The zero-order chi connectivity index (χ0) is 21.3. The SMILES string of the molecule is Cc1ccc(F)c(-c2nc(C(=O)Nc3cnccc3C3CC(C)CC(N)C3)cs2)c1. The molecule has 0 radical (unpaired) electrons. The molecular weight excluding hydrogens is 399 g/mol. The van der Waals surface area contributed by atoms with Gasteiger partial charge in [-0.15, -0.1) is 11.3 Å². The molecule has 3 atom stereocenters. The van der Waals surface area contributed by atoms with Crippen molar-refractivity contribution in [3.05, 3.63) is 64.7 Å². The molecule has 0 spiro atoms. The van der Waals surface area contributed by atoms with Gasteiger partial charge in [-0.3, -0.25) is 9.78 Å². The van der Waals surface area contributed by atoms with Crippen molar-refractivity contribution in [2.75, 3.05) is 5.32 Å². The van der Waals surface area contributed by atoms with E-state index in [1.54, 1.807) is 29.9 Å². The molecule has 30 heavy (non-hydrogen) atoms. The van der Waals surface area contributed by atoms with E-state index in [-0.39, 0.29) is 29.4 Å². The fourth-order valence-corrected chi connectivity index (χ4v) is 5.08. The predicted octanol–water partition coefficient (Wildman–Crippen LogP) is 5.14. The van der Waals surface area contributed by atoms with Gasteiger partial charge in [0.1, 0.15) is 16.5 Å². The Balaban J connectivity index is 1.56. The summed E-state index contributed by atoms with van der Waals surface area (Å²) in [7, 11) is 0.